The molecule has 1 fully saturated rings. The lowest BCUT2D eigenvalue weighted by Gasteiger charge is -2.39. The average Bonchev–Trinajstić information content (AvgIpc) is 3.27. The van der Waals surface area contributed by atoms with Crippen LogP contribution in [0.25, 0.3) is 10.9 Å². The topological polar surface area (TPSA) is 65.6 Å². The first-order chi connectivity index (χ1) is 19.6. The van der Waals surface area contributed by atoms with Gasteiger partial charge in [-0.1, -0.05) is 36.4 Å². The van der Waals surface area contributed by atoms with E-state index in [4.69, 9.17) is 4.74 Å². The van der Waals surface area contributed by atoms with Crippen LogP contribution in [0, 0.1) is 6.92 Å². The van der Waals surface area contributed by atoms with Gasteiger partial charge in [-0.05, 0) is 68.1 Å². The lowest BCUT2D eigenvalue weighted by molar-refractivity contribution is -0.137. The van der Waals surface area contributed by atoms with Crippen LogP contribution in [0.1, 0.15) is 46.9 Å². The quantitative estimate of drug-likeness (QED) is 0.199. The highest BCUT2D eigenvalue weighted by atomic mass is 19.4. The number of carbonyl (C=O) groups is 2. The zero-order chi connectivity index (χ0) is 29.1. The van der Waals surface area contributed by atoms with Gasteiger partial charge >= 0.3 is 12.1 Å². The van der Waals surface area contributed by atoms with Crippen LogP contribution in [0.3, 0.4) is 0 Å². The van der Waals surface area contributed by atoms with Gasteiger partial charge in [-0.25, -0.2) is 0 Å². The van der Waals surface area contributed by atoms with Crippen molar-refractivity contribution in [2.75, 3.05) is 24.5 Å². The lowest BCUT2D eigenvalue weighted by atomic mass is 9.99. The fourth-order valence-corrected chi connectivity index (χ4v) is 5.59. The summed E-state index contributed by atoms with van der Waals surface area (Å²) in [5.41, 5.74) is 2.25. The molecule has 1 saturated heterocycles. The maximum absolute atomic E-state index is 14.3. The molecule has 0 radical (unpaired) electrons. The molecule has 1 aromatic heterocycles. The van der Waals surface area contributed by atoms with E-state index in [-0.39, 0.29) is 17.5 Å². The summed E-state index contributed by atoms with van der Waals surface area (Å²) in [6, 6.07) is 19.8. The molecule has 0 unspecified atom stereocenters. The van der Waals surface area contributed by atoms with Gasteiger partial charge in [-0.2, -0.15) is 13.2 Å². The number of fused-ring (bicyclic) bond motifs is 1. The van der Waals surface area contributed by atoms with Crippen molar-refractivity contribution < 1.29 is 27.5 Å². The molecule has 4 aromatic rings. The number of hydrogen-bond donors (Lipinski definition) is 1. The second kappa shape index (κ2) is 11.8. The number of piperidine rings is 1. The van der Waals surface area contributed by atoms with Crippen LogP contribution >= 0.6 is 0 Å². The number of hydrogen-bond acceptors (Lipinski definition) is 4. The molecule has 1 N–H and O–H groups in total. The first kappa shape index (κ1) is 28.4. The molecule has 0 spiro atoms. The Morgan fingerprint density at radius 1 is 1.00 bits per heavy atom. The van der Waals surface area contributed by atoms with Crippen molar-refractivity contribution >= 4 is 28.5 Å². The molecule has 0 atom stereocenters. The van der Waals surface area contributed by atoms with Crippen molar-refractivity contribution in [2.45, 2.75) is 45.3 Å². The number of anilines is 1. The molecule has 9 heteroatoms. The molecule has 1 aliphatic rings. The monoisotopic (exact) mass is 563 g/mol. The maximum atomic E-state index is 14.3. The third kappa shape index (κ3) is 6.46. The summed E-state index contributed by atoms with van der Waals surface area (Å²) in [6.07, 6.45) is -2.39. The van der Waals surface area contributed by atoms with Crippen LogP contribution < -0.4 is 9.64 Å². The summed E-state index contributed by atoms with van der Waals surface area (Å²) in [5, 5.41) is 0.545. The van der Waals surface area contributed by atoms with Crippen molar-refractivity contribution in [1.29, 1.82) is 0 Å². The highest BCUT2D eigenvalue weighted by Crippen LogP contribution is 2.35. The number of nitrogens with zero attached hydrogens (tertiary/aromatic N) is 2. The number of amides is 1. The Labute approximate surface area is 236 Å². The minimum absolute atomic E-state index is 0.206. The Morgan fingerprint density at radius 3 is 2.41 bits per heavy atom. The minimum atomic E-state index is -4.54. The normalized spacial score (nSPS) is 14.8. The van der Waals surface area contributed by atoms with Gasteiger partial charge in [0, 0.05) is 54.9 Å². The van der Waals surface area contributed by atoms with E-state index in [1.165, 1.54) is 23.5 Å². The number of nitrogens with one attached hydrogen (secondary N) is 1. The molecule has 3 aromatic carbocycles. The fourth-order valence-electron chi connectivity index (χ4n) is 5.59. The van der Waals surface area contributed by atoms with E-state index in [9.17, 15) is 22.8 Å². The van der Waals surface area contributed by atoms with Gasteiger partial charge < -0.3 is 19.5 Å². The predicted octanol–water partition coefficient (Wildman–Crippen LogP) is 6.77. The number of esters is 1. The van der Waals surface area contributed by atoms with Crippen LogP contribution in [0.4, 0.5) is 18.9 Å². The molecule has 0 bridgehead atoms. The number of aromatic amines is 1. The Hall–Kier alpha value is -4.11. The smallest absolute Gasteiger partial charge is 0.416 e. The van der Waals surface area contributed by atoms with Crippen LogP contribution in [-0.4, -0.2) is 47.4 Å². The SMILES string of the molecule is CC(=O)Oc1ccc2[nH]c(C)c(C(=O)N(c3cccc(C(F)(F)F)c3)C3CCN(CCc4ccccc4)CC3)c2c1. The second-order valence-electron chi connectivity index (χ2n) is 10.5. The molecule has 214 valence electrons. The largest absolute Gasteiger partial charge is 0.427 e. The number of alkyl halides is 3. The highest BCUT2D eigenvalue weighted by molar-refractivity contribution is 6.15. The zero-order valence-corrected chi connectivity index (χ0v) is 23.0. The molecule has 5 rings (SSSR count). The Bertz CT molecular complexity index is 1540. The molecule has 2 heterocycles. The second-order valence-corrected chi connectivity index (χ2v) is 10.5. The van der Waals surface area contributed by atoms with Crippen LogP contribution in [-0.2, 0) is 17.4 Å². The Balaban J connectivity index is 1.46. The van der Waals surface area contributed by atoms with E-state index in [1.807, 2.05) is 18.2 Å². The first-order valence-corrected chi connectivity index (χ1v) is 13.7. The van der Waals surface area contributed by atoms with Crippen molar-refractivity contribution in [3.8, 4) is 5.75 Å². The van der Waals surface area contributed by atoms with Crippen LogP contribution in [0.15, 0.2) is 72.8 Å². The fraction of sp³-hybridized carbons (Fsp3) is 0.312. The molecular formula is C32H32F3N3O3. The number of likely N-dealkylation sites (tertiary alicyclic amines) is 1. The summed E-state index contributed by atoms with van der Waals surface area (Å²) in [7, 11) is 0. The van der Waals surface area contributed by atoms with E-state index in [2.05, 4.69) is 22.0 Å². The lowest BCUT2D eigenvalue weighted by Crippen LogP contribution is -2.48. The van der Waals surface area contributed by atoms with Gasteiger partial charge in [0.1, 0.15) is 5.75 Å². The van der Waals surface area contributed by atoms with Gasteiger partial charge in [-0.3, -0.25) is 9.59 Å². The summed E-state index contributed by atoms with van der Waals surface area (Å²) in [5.74, 6) is -0.597. The summed E-state index contributed by atoms with van der Waals surface area (Å²) < 4.78 is 46.3. The van der Waals surface area contributed by atoms with Crippen molar-refractivity contribution in [3.05, 3.63) is 95.2 Å². The number of rotatable bonds is 7. The summed E-state index contributed by atoms with van der Waals surface area (Å²) in [4.78, 5) is 32.9. The molecule has 6 nitrogen and oxygen atoms in total. The number of benzene rings is 3. The number of ether oxygens (including phenoxy) is 1. The van der Waals surface area contributed by atoms with Crippen LogP contribution in [0.5, 0.6) is 5.75 Å². The molecule has 1 amide bonds. The number of carbonyl (C=O) groups excluding carboxylic acids is 2. The number of H-pyrrole nitrogens is 1. The van der Waals surface area contributed by atoms with Gasteiger partial charge in [0.25, 0.3) is 5.91 Å². The predicted molar refractivity (Wildman–Crippen MR) is 152 cm³/mol. The standard InChI is InChI=1S/C32H32F3N3O3/c1-21-30(28-20-27(41-22(2)39)11-12-29(28)36-21)31(40)38(26-10-6-9-24(19-26)32(33,34)35)25-14-17-37(18-15-25)16-13-23-7-4-3-5-8-23/h3-12,19-20,25,36H,13-18H2,1-2H3. The number of aromatic nitrogens is 1. The van der Waals surface area contributed by atoms with Crippen LogP contribution in [0.2, 0.25) is 0 Å². The summed E-state index contributed by atoms with van der Waals surface area (Å²) in [6.45, 7) is 5.37. The van der Waals surface area contributed by atoms with Gasteiger partial charge in [0.05, 0.1) is 11.1 Å². The number of aryl methyl sites for hydroxylation is 1. The van der Waals surface area contributed by atoms with Crippen molar-refractivity contribution in [1.82, 2.24) is 9.88 Å². The molecule has 41 heavy (non-hydrogen) atoms. The Kier molecular flexibility index (Phi) is 8.17. The summed E-state index contributed by atoms with van der Waals surface area (Å²) >= 11 is 0. The third-order valence-corrected chi connectivity index (χ3v) is 7.59. The van der Waals surface area contributed by atoms with Crippen molar-refractivity contribution in [2.24, 2.45) is 0 Å². The third-order valence-electron chi connectivity index (χ3n) is 7.59. The van der Waals surface area contributed by atoms with E-state index < -0.39 is 23.6 Å². The Morgan fingerprint density at radius 2 is 1.73 bits per heavy atom. The molecule has 1 aliphatic heterocycles. The highest BCUT2D eigenvalue weighted by Gasteiger charge is 2.35. The van der Waals surface area contributed by atoms with E-state index >= 15 is 0 Å². The van der Waals surface area contributed by atoms with E-state index in [1.54, 1.807) is 31.2 Å². The van der Waals surface area contributed by atoms with Gasteiger partial charge in [-0.15, -0.1) is 0 Å². The van der Waals surface area contributed by atoms with Gasteiger partial charge in [0.15, 0.2) is 0 Å². The minimum Gasteiger partial charge on any atom is -0.427 e. The molecule has 0 aliphatic carbocycles. The first-order valence-electron chi connectivity index (χ1n) is 13.7. The maximum Gasteiger partial charge on any atom is 0.416 e. The average molecular weight is 564 g/mol. The number of halogens is 3. The van der Waals surface area contributed by atoms with E-state index in [0.717, 1.165) is 38.2 Å². The molecule has 0 saturated carbocycles. The van der Waals surface area contributed by atoms with Crippen molar-refractivity contribution in [3.63, 3.8) is 0 Å². The zero-order valence-electron chi connectivity index (χ0n) is 23.0. The molecular weight excluding hydrogens is 531 g/mol. The van der Waals surface area contributed by atoms with Gasteiger partial charge in [0.2, 0.25) is 0 Å². The van der Waals surface area contributed by atoms with E-state index in [0.29, 0.717) is 35.0 Å².